The molecule has 2 rings (SSSR count). The zero-order valence-corrected chi connectivity index (χ0v) is 17.8. The van der Waals surface area contributed by atoms with Gasteiger partial charge in [-0.3, -0.25) is 9.79 Å². The van der Waals surface area contributed by atoms with Crippen LogP contribution >= 0.6 is 0 Å². The van der Waals surface area contributed by atoms with Gasteiger partial charge in [-0.25, -0.2) is 8.42 Å². The van der Waals surface area contributed by atoms with Gasteiger partial charge in [-0.1, -0.05) is 42.5 Å². The Balaban J connectivity index is 1.75. The minimum atomic E-state index is -3.22. The number of nitrogens with one attached hydrogen (secondary N) is 3. The maximum atomic E-state index is 12.0. The summed E-state index contributed by atoms with van der Waals surface area (Å²) in [6, 6.07) is 15.0. The maximum Gasteiger partial charge on any atom is 0.222 e. The van der Waals surface area contributed by atoms with E-state index in [1.165, 1.54) is 6.26 Å². The highest BCUT2D eigenvalue weighted by molar-refractivity contribution is 7.90. The van der Waals surface area contributed by atoms with Gasteiger partial charge >= 0.3 is 0 Å². The SMILES string of the molecule is CN=C(NCCC(=O)NCc1ccccc1)NCc1ccc(S(C)(=O)=O)c(C)c1. The zero-order valence-electron chi connectivity index (χ0n) is 17.0. The van der Waals surface area contributed by atoms with Crippen molar-refractivity contribution >= 4 is 21.7 Å². The number of guanidine groups is 1. The second kappa shape index (κ2) is 10.6. The molecule has 7 nitrogen and oxygen atoms in total. The molecular weight excluding hydrogens is 388 g/mol. The molecular formula is C21H28N4O3S. The fourth-order valence-corrected chi connectivity index (χ4v) is 3.78. The Hall–Kier alpha value is -2.87. The van der Waals surface area contributed by atoms with E-state index in [0.29, 0.717) is 42.5 Å². The Morgan fingerprint density at radius 1 is 0.966 bits per heavy atom. The van der Waals surface area contributed by atoms with Crippen LogP contribution in [0.5, 0.6) is 0 Å². The van der Waals surface area contributed by atoms with Gasteiger partial charge in [0, 0.05) is 39.4 Å². The van der Waals surface area contributed by atoms with Crippen LogP contribution in [0.2, 0.25) is 0 Å². The van der Waals surface area contributed by atoms with Gasteiger partial charge in [0.25, 0.3) is 0 Å². The number of benzene rings is 2. The number of nitrogens with zero attached hydrogens (tertiary/aromatic N) is 1. The summed E-state index contributed by atoms with van der Waals surface area (Å²) >= 11 is 0. The molecule has 0 heterocycles. The van der Waals surface area contributed by atoms with Crippen molar-refractivity contribution in [3.8, 4) is 0 Å². The number of carbonyl (C=O) groups is 1. The van der Waals surface area contributed by atoms with Crippen LogP contribution in [0.15, 0.2) is 58.4 Å². The molecule has 29 heavy (non-hydrogen) atoms. The molecule has 0 aromatic heterocycles. The topological polar surface area (TPSA) is 99.7 Å². The Bertz CT molecular complexity index is 957. The minimum Gasteiger partial charge on any atom is -0.356 e. The Morgan fingerprint density at radius 3 is 2.28 bits per heavy atom. The number of hydrogen-bond acceptors (Lipinski definition) is 4. The monoisotopic (exact) mass is 416 g/mol. The molecule has 1 amide bonds. The third-order valence-electron chi connectivity index (χ3n) is 4.30. The van der Waals surface area contributed by atoms with Gasteiger partial charge in [0.1, 0.15) is 0 Å². The number of hydrogen-bond donors (Lipinski definition) is 3. The summed E-state index contributed by atoms with van der Waals surface area (Å²) in [4.78, 5) is 16.4. The van der Waals surface area contributed by atoms with Crippen LogP contribution in [0, 0.1) is 6.92 Å². The van der Waals surface area contributed by atoms with E-state index in [-0.39, 0.29) is 5.91 Å². The molecule has 2 aromatic carbocycles. The summed E-state index contributed by atoms with van der Waals surface area (Å²) in [6.07, 6.45) is 1.53. The third kappa shape index (κ3) is 7.57. The molecule has 0 spiro atoms. The second-order valence-electron chi connectivity index (χ2n) is 6.74. The minimum absolute atomic E-state index is 0.0382. The highest BCUT2D eigenvalue weighted by Crippen LogP contribution is 2.16. The molecule has 0 saturated carbocycles. The van der Waals surface area contributed by atoms with Crippen molar-refractivity contribution in [2.45, 2.75) is 31.3 Å². The standard InChI is InChI=1S/C21H28N4O3S/c1-16-13-18(9-10-19(16)29(3,27)28)15-25-21(22-2)23-12-11-20(26)24-14-17-7-5-4-6-8-17/h4-10,13H,11-12,14-15H2,1-3H3,(H,24,26)(H2,22,23,25). The van der Waals surface area contributed by atoms with Crippen molar-refractivity contribution in [3.05, 3.63) is 65.2 Å². The van der Waals surface area contributed by atoms with E-state index in [9.17, 15) is 13.2 Å². The zero-order chi connectivity index (χ0) is 21.3. The molecule has 0 saturated heterocycles. The quantitative estimate of drug-likeness (QED) is 0.450. The number of amides is 1. The molecule has 0 radical (unpaired) electrons. The molecule has 3 N–H and O–H groups in total. The van der Waals surface area contributed by atoms with Crippen molar-refractivity contribution in [3.63, 3.8) is 0 Å². The molecule has 0 aliphatic rings. The maximum absolute atomic E-state index is 12.0. The van der Waals surface area contributed by atoms with Crippen LogP contribution in [-0.2, 0) is 27.7 Å². The molecule has 0 fully saturated rings. The van der Waals surface area contributed by atoms with E-state index in [0.717, 1.165) is 11.1 Å². The van der Waals surface area contributed by atoms with Gasteiger partial charge in [0.15, 0.2) is 15.8 Å². The fraction of sp³-hybridized carbons (Fsp3) is 0.333. The first-order valence-corrected chi connectivity index (χ1v) is 11.2. The van der Waals surface area contributed by atoms with E-state index < -0.39 is 9.84 Å². The van der Waals surface area contributed by atoms with Crippen LogP contribution in [-0.4, -0.2) is 40.1 Å². The summed E-state index contributed by atoms with van der Waals surface area (Å²) in [6.45, 7) is 3.23. The number of sulfone groups is 1. The number of aliphatic imine (C=N–C) groups is 1. The van der Waals surface area contributed by atoms with Crippen LogP contribution < -0.4 is 16.0 Å². The number of rotatable bonds is 8. The normalized spacial score (nSPS) is 11.8. The van der Waals surface area contributed by atoms with E-state index in [1.807, 2.05) is 36.4 Å². The highest BCUT2D eigenvalue weighted by Gasteiger charge is 2.11. The predicted molar refractivity (Wildman–Crippen MR) is 115 cm³/mol. The Labute approximate surface area is 172 Å². The summed E-state index contributed by atoms with van der Waals surface area (Å²) < 4.78 is 23.4. The van der Waals surface area contributed by atoms with Gasteiger partial charge in [-0.05, 0) is 29.7 Å². The van der Waals surface area contributed by atoms with E-state index in [4.69, 9.17) is 0 Å². The van der Waals surface area contributed by atoms with Crippen molar-refractivity contribution in [1.82, 2.24) is 16.0 Å². The molecule has 0 bridgehead atoms. The van der Waals surface area contributed by atoms with Crippen LogP contribution in [0.3, 0.4) is 0 Å². The van der Waals surface area contributed by atoms with Gasteiger partial charge < -0.3 is 16.0 Å². The first kappa shape index (κ1) is 22.4. The number of aryl methyl sites for hydroxylation is 1. The summed E-state index contributed by atoms with van der Waals surface area (Å²) in [5, 5.41) is 9.15. The highest BCUT2D eigenvalue weighted by atomic mass is 32.2. The van der Waals surface area contributed by atoms with Crippen LogP contribution in [0.1, 0.15) is 23.1 Å². The summed E-state index contributed by atoms with van der Waals surface area (Å²) in [5.41, 5.74) is 2.71. The molecule has 8 heteroatoms. The largest absolute Gasteiger partial charge is 0.356 e. The van der Waals surface area contributed by atoms with E-state index in [1.54, 1.807) is 26.1 Å². The average molecular weight is 417 g/mol. The van der Waals surface area contributed by atoms with Gasteiger partial charge in [-0.2, -0.15) is 0 Å². The van der Waals surface area contributed by atoms with Crippen LogP contribution in [0.4, 0.5) is 0 Å². The molecule has 0 atom stereocenters. The Morgan fingerprint density at radius 2 is 1.66 bits per heavy atom. The van der Waals surface area contributed by atoms with Gasteiger partial charge in [0.2, 0.25) is 5.91 Å². The lowest BCUT2D eigenvalue weighted by atomic mass is 10.1. The van der Waals surface area contributed by atoms with Gasteiger partial charge in [-0.15, -0.1) is 0 Å². The van der Waals surface area contributed by atoms with E-state index in [2.05, 4.69) is 20.9 Å². The first-order valence-electron chi connectivity index (χ1n) is 9.34. The van der Waals surface area contributed by atoms with E-state index >= 15 is 0 Å². The molecule has 0 aliphatic heterocycles. The van der Waals surface area contributed by atoms with Crippen molar-refractivity contribution in [2.24, 2.45) is 4.99 Å². The van der Waals surface area contributed by atoms with Crippen molar-refractivity contribution < 1.29 is 13.2 Å². The second-order valence-corrected chi connectivity index (χ2v) is 8.72. The van der Waals surface area contributed by atoms with Crippen LogP contribution in [0.25, 0.3) is 0 Å². The fourth-order valence-electron chi connectivity index (χ4n) is 2.82. The predicted octanol–water partition coefficient (Wildman–Crippen LogP) is 1.77. The molecule has 2 aromatic rings. The molecule has 0 aliphatic carbocycles. The third-order valence-corrected chi connectivity index (χ3v) is 5.56. The van der Waals surface area contributed by atoms with Gasteiger partial charge in [0.05, 0.1) is 4.90 Å². The summed E-state index contributed by atoms with van der Waals surface area (Å²) in [7, 11) is -1.57. The lowest BCUT2D eigenvalue weighted by molar-refractivity contribution is -0.121. The molecule has 0 unspecified atom stereocenters. The number of carbonyl (C=O) groups excluding carboxylic acids is 1. The summed E-state index contributed by atoms with van der Waals surface area (Å²) in [5.74, 6) is 0.537. The molecule has 156 valence electrons. The first-order chi connectivity index (χ1) is 13.8. The smallest absolute Gasteiger partial charge is 0.222 e. The lowest BCUT2D eigenvalue weighted by Crippen LogP contribution is -2.38. The lowest BCUT2D eigenvalue weighted by Gasteiger charge is -2.13. The average Bonchev–Trinajstić information content (AvgIpc) is 2.68. The van der Waals surface area contributed by atoms with Crippen molar-refractivity contribution in [2.75, 3.05) is 19.8 Å². The Kier molecular flexibility index (Phi) is 8.21. The van der Waals surface area contributed by atoms with Crippen molar-refractivity contribution in [1.29, 1.82) is 0 Å².